The maximum atomic E-state index is 12.1. The molecule has 0 aromatic rings. The molecule has 1 atom stereocenters. The van der Waals surface area contributed by atoms with Crippen LogP contribution in [0.15, 0.2) is 109 Å². The Morgan fingerprint density at radius 3 is 1.57 bits per heavy atom. The van der Waals surface area contributed by atoms with E-state index in [2.05, 4.69) is 68.5 Å². The summed E-state index contributed by atoms with van der Waals surface area (Å²) in [4.78, 5) is 24.2. The van der Waals surface area contributed by atoms with Crippen LogP contribution in [0.3, 0.4) is 0 Å². The summed E-state index contributed by atoms with van der Waals surface area (Å²) in [7, 11) is 0. The number of unbranched alkanes of at least 4 members (excludes halogenated alkanes) is 8. The highest BCUT2D eigenvalue weighted by molar-refractivity contribution is 5.70. The first-order valence-corrected chi connectivity index (χ1v) is 18.0. The van der Waals surface area contributed by atoms with E-state index in [9.17, 15) is 14.7 Å². The first-order valence-electron chi connectivity index (χ1n) is 18.0. The molecule has 0 radical (unpaired) electrons. The molecule has 47 heavy (non-hydrogen) atoms. The van der Waals surface area contributed by atoms with E-state index < -0.39 is 6.10 Å². The largest absolute Gasteiger partial charge is 0.462 e. The van der Waals surface area contributed by atoms with Crippen LogP contribution < -0.4 is 0 Å². The van der Waals surface area contributed by atoms with Gasteiger partial charge in [-0.05, 0) is 64.2 Å². The lowest BCUT2D eigenvalue weighted by Crippen LogP contribution is -2.28. The quantitative estimate of drug-likeness (QED) is 0.0363. The van der Waals surface area contributed by atoms with E-state index >= 15 is 0 Å². The van der Waals surface area contributed by atoms with Crippen LogP contribution in [-0.2, 0) is 19.1 Å². The second-order valence-electron chi connectivity index (χ2n) is 11.3. The molecule has 0 saturated heterocycles. The summed E-state index contributed by atoms with van der Waals surface area (Å²) in [6.45, 7) is 3.77. The maximum absolute atomic E-state index is 12.1. The number of aliphatic hydroxyl groups excluding tert-OH is 1. The van der Waals surface area contributed by atoms with Crippen LogP contribution in [0.2, 0.25) is 0 Å². The van der Waals surface area contributed by atoms with Gasteiger partial charge in [0.05, 0.1) is 6.61 Å². The second kappa shape index (κ2) is 37.0. The highest BCUT2D eigenvalue weighted by Gasteiger charge is 2.15. The Balaban J connectivity index is 3.73. The van der Waals surface area contributed by atoms with E-state index in [1.54, 1.807) is 0 Å². The lowest BCUT2D eigenvalue weighted by Gasteiger charge is -2.15. The van der Waals surface area contributed by atoms with Crippen molar-refractivity contribution in [3.63, 3.8) is 0 Å². The third-order valence-corrected chi connectivity index (χ3v) is 6.94. The van der Waals surface area contributed by atoms with Gasteiger partial charge in [-0.25, -0.2) is 0 Å². The molecule has 5 nitrogen and oxygen atoms in total. The van der Waals surface area contributed by atoms with Crippen molar-refractivity contribution in [2.75, 3.05) is 13.2 Å². The SMILES string of the molecule is CC/C=C/C=C/C=C/C=C/C=C/CCCC(=O)OCC(CO)OC(=O)CCCCCCCCC/C=C/C/C=C/C/C=C/C/C=C/CC. The van der Waals surface area contributed by atoms with Crippen LogP contribution in [0.25, 0.3) is 0 Å². The molecular formula is C42H64O5. The molecule has 0 amide bonds. The van der Waals surface area contributed by atoms with E-state index in [0.717, 1.165) is 64.2 Å². The zero-order chi connectivity index (χ0) is 34.3. The first-order chi connectivity index (χ1) is 23.1. The number of carbonyl (C=O) groups excluding carboxylic acids is 2. The Morgan fingerprint density at radius 1 is 0.511 bits per heavy atom. The van der Waals surface area contributed by atoms with Gasteiger partial charge in [0.15, 0.2) is 6.10 Å². The van der Waals surface area contributed by atoms with Crippen molar-refractivity contribution in [1.29, 1.82) is 0 Å². The Hall–Kier alpha value is -3.44. The predicted molar refractivity (Wildman–Crippen MR) is 200 cm³/mol. The van der Waals surface area contributed by atoms with Gasteiger partial charge in [-0.3, -0.25) is 9.59 Å². The molecule has 0 aliphatic carbocycles. The fourth-order valence-corrected chi connectivity index (χ4v) is 4.28. The number of hydrogen-bond donors (Lipinski definition) is 1. The summed E-state index contributed by atoms with van der Waals surface area (Å²) in [6, 6.07) is 0. The standard InChI is InChI=1S/C42H64O5/c1-3-5-7-9-11-13-15-17-18-19-20-21-22-23-25-27-29-31-33-35-37-42(45)47-40(38-43)39-46-41(44)36-34-32-30-28-26-24-16-14-12-10-8-6-4-2/h5-8,10-14,16-18,20-21,24,26,28,30,40,43H,3-4,9,15,19,22-23,25,27,29,31-39H2,1-2H3/b7-5+,8-6+,12-10+,13-11+,16-14+,18-17+,21-20+,26-24+,30-28+. The van der Waals surface area contributed by atoms with E-state index in [4.69, 9.17) is 9.47 Å². The molecule has 0 fully saturated rings. The van der Waals surface area contributed by atoms with Gasteiger partial charge in [0, 0.05) is 12.8 Å². The Kier molecular flexibility index (Phi) is 34.3. The van der Waals surface area contributed by atoms with Crippen molar-refractivity contribution in [2.24, 2.45) is 0 Å². The molecule has 0 spiro atoms. The van der Waals surface area contributed by atoms with Crippen molar-refractivity contribution in [2.45, 2.75) is 129 Å². The topological polar surface area (TPSA) is 72.8 Å². The Morgan fingerprint density at radius 2 is 0.979 bits per heavy atom. The number of esters is 2. The summed E-state index contributed by atoms with van der Waals surface area (Å²) in [6.07, 6.45) is 52.9. The lowest BCUT2D eigenvalue weighted by atomic mass is 10.1. The molecular weight excluding hydrogens is 584 g/mol. The summed E-state index contributed by atoms with van der Waals surface area (Å²) >= 11 is 0. The molecule has 0 rings (SSSR count). The third kappa shape index (κ3) is 35.3. The highest BCUT2D eigenvalue weighted by Crippen LogP contribution is 2.11. The van der Waals surface area contributed by atoms with Gasteiger partial charge in [0.25, 0.3) is 0 Å². The van der Waals surface area contributed by atoms with Crippen molar-refractivity contribution >= 4 is 11.9 Å². The van der Waals surface area contributed by atoms with Crippen LogP contribution in [0.4, 0.5) is 0 Å². The number of carbonyl (C=O) groups is 2. The molecule has 0 aliphatic heterocycles. The van der Waals surface area contributed by atoms with Gasteiger partial charge >= 0.3 is 11.9 Å². The molecule has 1 unspecified atom stereocenters. The molecule has 262 valence electrons. The van der Waals surface area contributed by atoms with Crippen molar-refractivity contribution < 1.29 is 24.2 Å². The van der Waals surface area contributed by atoms with Gasteiger partial charge in [-0.1, -0.05) is 155 Å². The summed E-state index contributed by atoms with van der Waals surface area (Å²) < 4.78 is 10.5. The minimum atomic E-state index is -0.813. The monoisotopic (exact) mass is 648 g/mol. The summed E-state index contributed by atoms with van der Waals surface area (Å²) in [5.41, 5.74) is 0. The molecule has 0 saturated carbocycles. The van der Waals surface area contributed by atoms with Crippen LogP contribution >= 0.6 is 0 Å². The average molecular weight is 649 g/mol. The van der Waals surface area contributed by atoms with E-state index in [1.807, 2.05) is 54.7 Å². The minimum Gasteiger partial charge on any atom is -0.462 e. The van der Waals surface area contributed by atoms with Crippen LogP contribution in [0.1, 0.15) is 123 Å². The maximum Gasteiger partial charge on any atom is 0.306 e. The van der Waals surface area contributed by atoms with E-state index in [0.29, 0.717) is 12.8 Å². The molecule has 0 bridgehead atoms. The van der Waals surface area contributed by atoms with Gasteiger partial charge in [-0.15, -0.1) is 0 Å². The fourth-order valence-electron chi connectivity index (χ4n) is 4.28. The zero-order valence-electron chi connectivity index (χ0n) is 29.5. The molecule has 0 heterocycles. The average Bonchev–Trinajstić information content (AvgIpc) is 3.07. The van der Waals surface area contributed by atoms with Crippen molar-refractivity contribution in [3.05, 3.63) is 109 Å². The zero-order valence-corrected chi connectivity index (χ0v) is 29.5. The van der Waals surface area contributed by atoms with Crippen LogP contribution in [0.5, 0.6) is 0 Å². The van der Waals surface area contributed by atoms with Crippen LogP contribution in [-0.4, -0.2) is 36.4 Å². The number of allylic oxidation sites excluding steroid dienone is 18. The minimum absolute atomic E-state index is 0.115. The summed E-state index contributed by atoms with van der Waals surface area (Å²) in [5.74, 6) is -0.704. The van der Waals surface area contributed by atoms with E-state index in [-0.39, 0.29) is 31.6 Å². The van der Waals surface area contributed by atoms with Gasteiger partial charge in [0.1, 0.15) is 6.61 Å². The molecule has 0 aromatic carbocycles. The lowest BCUT2D eigenvalue weighted by molar-refractivity contribution is -0.161. The predicted octanol–water partition coefficient (Wildman–Crippen LogP) is 11.1. The van der Waals surface area contributed by atoms with Gasteiger partial charge in [-0.2, -0.15) is 0 Å². The highest BCUT2D eigenvalue weighted by atomic mass is 16.6. The molecule has 0 aliphatic rings. The van der Waals surface area contributed by atoms with Gasteiger partial charge < -0.3 is 14.6 Å². The van der Waals surface area contributed by atoms with E-state index in [1.165, 1.54) is 25.7 Å². The first kappa shape index (κ1) is 43.6. The second-order valence-corrected chi connectivity index (χ2v) is 11.3. The van der Waals surface area contributed by atoms with Crippen molar-refractivity contribution in [3.8, 4) is 0 Å². The summed E-state index contributed by atoms with van der Waals surface area (Å²) in [5, 5.41) is 9.52. The molecule has 0 aromatic heterocycles. The third-order valence-electron chi connectivity index (χ3n) is 6.94. The Labute approximate surface area is 287 Å². The number of aliphatic hydroxyl groups is 1. The Bertz CT molecular complexity index is 1010. The van der Waals surface area contributed by atoms with Crippen molar-refractivity contribution in [1.82, 2.24) is 0 Å². The number of hydrogen-bond acceptors (Lipinski definition) is 5. The smallest absolute Gasteiger partial charge is 0.306 e. The molecule has 5 heteroatoms. The van der Waals surface area contributed by atoms with Gasteiger partial charge in [0.2, 0.25) is 0 Å². The number of ether oxygens (including phenoxy) is 2. The molecule has 1 N–H and O–H groups in total. The normalized spacial score (nSPS) is 13.5. The fraction of sp³-hybridized carbons (Fsp3) is 0.524. The number of rotatable bonds is 30. The van der Waals surface area contributed by atoms with Crippen LogP contribution in [0, 0.1) is 0 Å².